The van der Waals surface area contributed by atoms with Crippen LogP contribution in [0.25, 0.3) is 16.1 Å². The van der Waals surface area contributed by atoms with E-state index in [-0.39, 0.29) is 29.2 Å². The van der Waals surface area contributed by atoms with Crippen molar-refractivity contribution in [2.24, 2.45) is 0 Å². The van der Waals surface area contributed by atoms with E-state index in [0.29, 0.717) is 10.5 Å². The summed E-state index contributed by atoms with van der Waals surface area (Å²) in [6.45, 7) is 21.1. The molecule has 10 nitrogen and oxygen atoms in total. The largest absolute Gasteiger partial charge is 0.469 e. The van der Waals surface area contributed by atoms with E-state index >= 15 is 4.39 Å². The van der Waals surface area contributed by atoms with Crippen LogP contribution in [0, 0.1) is 12.4 Å². The molecule has 0 spiro atoms. The van der Waals surface area contributed by atoms with Crippen LogP contribution in [0.1, 0.15) is 67.0 Å². The van der Waals surface area contributed by atoms with Crippen LogP contribution in [0.2, 0.25) is 0 Å². The van der Waals surface area contributed by atoms with Crippen LogP contribution >= 0.6 is 0 Å². The van der Waals surface area contributed by atoms with Crippen molar-refractivity contribution < 1.29 is 33.0 Å². The first-order valence-corrected chi connectivity index (χ1v) is 11.6. The smallest absolute Gasteiger partial charge is 0.424 e. The molecule has 2 rings (SSSR count). The van der Waals surface area contributed by atoms with Gasteiger partial charge in [-0.2, -0.15) is 10.00 Å². The number of carbonyl (C=O) groups excluding carboxylic acids is 3. The average Bonchev–Trinajstić information content (AvgIpc) is 3.10. The maximum atomic E-state index is 15.2. The van der Waals surface area contributed by atoms with Crippen molar-refractivity contribution in [2.45, 2.75) is 79.1 Å². The zero-order chi connectivity index (χ0) is 28.3. The molecule has 37 heavy (non-hydrogen) atoms. The molecule has 2 amide bonds. The van der Waals surface area contributed by atoms with Crippen molar-refractivity contribution in [3.05, 3.63) is 41.0 Å². The van der Waals surface area contributed by atoms with E-state index < -0.39 is 41.2 Å². The van der Waals surface area contributed by atoms with E-state index in [1.807, 2.05) is 0 Å². The lowest BCUT2D eigenvalue weighted by atomic mass is 10.1. The minimum absolute atomic E-state index is 0.0476. The van der Waals surface area contributed by atoms with E-state index in [4.69, 9.17) is 16.0 Å². The molecule has 0 saturated carbocycles. The Hall–Kier alpha value is -3.94. The van der Waals surface area contributed by atoms with Gasteiger partial charge in [0.1, 0.15) is 22.7 Å². The molecule has 0 fully saturated rings. The van der Waals surface area contributed by atoms with Crippen LogP contribution in [0.15, 0.2) is 18.2 Å². The average molecular weight is 517 g/mol. The molecule has 1 aromatic heterocycles. The van der Waals surface area contributed by atoms with Crippen LogP contribution in [0.5, 0.6) is 0 Å². The summed E-state index contributed by atoms with van der Waals surface area (Å²) < 4.78 is 32.0. The normalized spacial score (nSPS) is 11.6. The van der Waals surface area contributed by atoms with Gasteiger partial charge in [-0.05, 0) is 67.0 Å². The van der Waals surface area contributed by atoms with Gasteiger partial charge in [0.15, 0.2) is 5.82 Å². The second kappa shape index (κ2) is 11.0. The van der Waals surface area contributed by atoms with Crippen LogP contribution in [-0.2, 0) is 25.4 Å². The Labute approximate surface area is 216 Å². The molecule has 11 heteroatoms. The number of rotatable bonds is 5. The predicted octanol–water partition coefficient (Wildman–Crippen LogP) is 6.21. The second-order valence-corrected chi connectivity index (χ2v) is 10.5. The maximum Gasteiger partial charge on any atom is 0.424 e. The Morgan fingerprint density at radius 3 is 2.03 bits per heavy atom. The number of halogens is 1. The Balaban J connectivity index is 2.78. The molecule has 1 heterocycles. The van der Waals surface area contributed by atoms with Gasteiger partial charge in [-0.15, -0.1) is 0 Å². The first-order valence-electron chi connectivity index (χ1n) is 11.6. The van der Waals surface area contributed by atoms with E-state index in [1.54, 1.807) is 55.4 Å². The number of methoxy groups -OCH3 is 1. The molecule has 200 valence electrons. The molecule has 0 N–H and O–H groups in total. The molecular formula is C26H33FN4O6. The Bertz CT molecular complexity index is 1200. The molecule has 2 aromatic rings. The van der Waals surface area contributed by atoms with Crippen LogP contribution in [0.4, 0.5) is 25.5 Å². The summed E-state index contributed by atoms with van der Waals surface area (Å²) in [7, 11) is 1.23. The third-order valence-corrected chi connectivity index (χ3v) is 4.69. The number of carbonyl (C=O) groups is 3. The third-order valence-electron chi connectivity index (χ3n) is 4.69. The van der Waals surface area contributed by atoms with E-state index in [1.165, 1.54) is 23.9 Å². The first-order chi connectivity index (χ1) is 17.0. The molecule has 0 bridgehead atoms. The first kappa shape index (κ1) is 29.3. The summed E-state index contributed by atoms with van der Waals surface area (Å²) in [5.74, 6) is -1.49. The van der Waals surface area contributed by atoms with E-state index in [9.17, 15) is 14.4 Å². The number of amides is 2. The summed E-state index contributed by atoms with van der Waals surface area (Å²) in [5, 5.41) is 4.41. The quantitative estimate of drug-likeness (QED) is 0.264. The fourth-order valence-corrected chi connectivity index (χ4v) is 3.23. The highest BCUT2D eigenvalue weighted by Crippen LogP contribution is 2.42. The van der Waals surface area contributed by atoms with E-state index in [2.05, 4.69) is 14.7 Å². The molecule has 0 saturated heterocycles. The number of benzene rings is 1. The number of ether oxygens (including phenoxy) is 3. The SMILES string of the molecule is [C-]#[N+]c1c(-c2ccc(CC(=O)OC)cc2F)nn(C(C)C)c1N(C(=O)OC(C)(C)C)C(=O)OC(C)(C)C. The second-order valence-electron chi connectivity index (χ2n) is 10.5. The summed E-state index contributed by atoms with van der Waals surface area (Å²) in [6, 6.07) is 3.59. The molecule has 0 radical (unpaired) electrons. The number of esters is 1. The van der Waals surface area contributed by atoms with Crippen molar-refractivity contribution in [1.29, 1.82) is 0 Å². The van der Waals surface area contributed by atoms with Gasteiger partial charge >= 0.3 is 18.2 Å². The Kier molecular flexibility index (Phi) is 8.70. The summed E-state index contributed by atoms with van der Waals surface area (Å²) >= 11 is 0. The Morgan fingerprint density at radius 1 is 1.08 bits per heavy atom. The lowest BCUT2D eigenvalue weighted by Crippen LogP contribution is -2.44. The van der Waals surface area contributed by atoms with Gasteiger partial charge in [-0.1, -0.05) is 12.1 Å². The summed E-state index contributed by atoms with van der Waals surface area (Å²) in [5.41, 5.74) is -1.95. The monoisotopic (exact) mass is 516 g/mol. The van der Waals surface area contributed by atoms with Crippen molar-refractivity contribution >= 4 is 29.7 Å². The summed E-state index contributed by atoms with van der Waals surface area (Å²) in [6.07, 6.45) is -2.29. The number of anilines is 1. The zero-order valence-corrected chi connectivity index (χ0v) is 22.6. The molecule has 0 aliphatic carbocycles. The minimum atomic E-state index is -1.08. The van der Waals surface area contributed by atoms with E-state index in [0.717, 1.165) is 6.07 Å². The number of nitrogens with zero attached hydrogens (tertiary/aromatic N) is 4. The number of imide groups is 1. The predicted molar refractivity (Wildman–Crippen MR) is 135 cm³/mol. The number of hydrogen-bond acceptors (Lipinski definition) is 7. The zero-order valence-electron chi connectivity index (χ0n) is 22.6. The number of hydrogen-bond donors (Lipinski definition) is 0. The topological polar surface area (TPSA) is 104 Å². The fourth-order valence-electron chi connectivity index (χ4n) is 3.23. The third kappa shape index (κ3) is 7.29. The molecule has 0 unspecified atom stereocenters. The fraction of sp³-hybridized carbons (Fsp3) is 0.500. The molecule has 1 aromatic carbocycles. The lowest BCUT2D eigenvalue weighted by Gasteiger charge is -2.29. The van der Waals surface area contributed by atoms with Crippen LogP contribution in [0.3, 0.4) is 0 Å². The maximum absolute atomic E-state index is 15.2. The summed E-state index contributed by atoms with van der Waals surface area (Å²) in [4.78, 5) is 42.2. The van der Waals surface area contributed by atoms with Gasteiger partial charge in [0.05, 0.1) is 20.1 Å². The lowest BCUT2D eigenvalue weighted by molar-refractivity contribution is -0.139. The number of aromatic nitrogens is 2. The molecule has 0 atom stereocenters. The van der Waals surface area contributed by atoms with Gasteiger partial charge in [0.2, 0.25) is 0 Å². The minimum Gasteiger partial charge on any atom is -0.469 e. The Morgan fingerprint density at radius 2 is 1.62 bits per heavy atom. The van der Waals surface area contributed by atoms with Gasteiger partial charge < -0.3 is 14.2 Å². The van der Waals surface area contributed by atoms with Gasteiger partial charge in [-0.3, -0.25) is 9.48 Å². The molecule has 0 aliphatic rings. The molecule has 0 aliphatic heterocycles. The highest BCUT2D eigenvalue weighted by Gasteiger charge is 2.39. The van der Waals surface area contributed by atoms with Crippen molar-refractivity contribution in [2.75, 3.05) is 12.0 Å². The molecular weight excluding hydrogens is 483 g/mol. The highest BCUT2D eigenvalue weighted by atomic mass is 19.1. The van der Waals surface area contributed by atoms with Gasteiger partial charge in [0, 0.05) is 11.6 Å². The van der Waals surface area contributed by atoms with Crippen LogP contribution < -0.4 is 4.90 Å². The van der Waals surface area contributed by atoms with Crippen molar-refractivity contribution in [3.63, 3.8) is 0 Å². The highest BCUT2D eigenvalue weighted by molar-refractivity contribution is 6.12. The van der Waals surface area contributed by atoms with Crippen LogP contribution in [-0.4, -0.2) is 46.2 Å². The van der Waals surface area contributed by atoms with Gasteiger partial charge in [-0.25, -0.2) is 18.8 Å². The van der Waals surface area contributed by atoms with Crippen molar-refractivity contribution in [3.8, 4) is 11.3 Å². The van der Waals surface area contributed by atoms with Gasteiger partial charge in [0.25, 0.3) is 5.69 Å². The van der Waals surface area contributed by atoms with Crippen molar-refractivity contribution in [1.82, 2.24) is 9.78 Å². The standard InChI is InChI=1S/C26H33FN4O6/c1-15(2)31-22(30(23(33)36-25(3,4)5)24(34)37-26(6,7)8)21(28-9)20(29-31)17-12-11-16(13-18(17)27)14-19(32)35-10/h11-13,15H,14H2,1-8,10H3.